The van der Waals surface area contributed by atoms with E-state index < -0.39 is 0 Å². The zero-order valence-electron chi connectivity index (χ0n) is 11.6. The molecule has 1 fully saturated rings. The second-order valence-corrected chi connectivity index (χ2v) is 5.81. The van der Waals surface area contributed by atoms with E-state index >= 15 is 0 Å². The lowest BCUT2D eigenvalue weighted by Crippen LogP contribution is -2.49. The van der Waals surface area contributed by atoms with Crippen LogP contribution in [0.5, 0.6) is 0 Å². The number of nitrogens with one attached hydrogen (secondary N) is 1. The fourth-order valence-corrected chi connectivity index (χ4v) is 2.85. The van der Waals surface area contributed by atoms with Crippen LogP contribution in [0.15, 0.2) is 11.4 Å². The number of aliphatic hydroxyl groups excluding tert-OH is 1. The smallest absolute Gasteiger partial charge is 0.252 e. The lowest BCUT2D eigenvalue weighted by molar-refractivity contribution is -0.0679. The van der Waals surface area contributed by atoms with Crippen LogP contribution in [-0.4, -0.2) is 36.9 Å². The molecule has 1 aliphatic carbocycles. The number of aliphatic hydroxyl groups is 1. The minimum atomic E-state index is -0.157. The maximum atomic E-state index is 12.0. The summed E-state index contributed by atoms with van der Waals surface area (Å²) in [6, 6.07) is 1.78. The number of methoxy groups -OCH3 is 1. The fraction of sp³-hybridized carbons (Fsp3) is 0.533. The Morgan fingerprint density at radius 3 is 3.00 bits per heavy atom. The Bertz CT molecular complexity index is 517. The minimum absolute atomic E-state index is 0.0603. The van der Waals surface area contributed by atoms with Crippen LogP contribution >= 0.6 is 11.3 Å². The molecule has 1 saturated carbocycles. The maximum absolute atomic E-state index is 12.0. The Kier molecular flexibility index (Phi) is 5.18. The van der Waals surface area contributed by atoms with Gasteiger partial charge in [-0.1, -0.05) is 11.8 Å². The van der Waals surface area contributed by atoms with E-state index in [9.17, 15) is 4.79 Å². The molecule has 20 heavy (non-hydrogen) atoms. The highest BCUT2D eigenvalue weighted by atomic mass is 32.1. The molecule has 4 nitrogen and oxygen atoms in total. The molecule has 0 unspecified atom stereocenters. The van der Waals surface area contributed by atoms with E-state index in [0.717, 1.165) is 24.1 Å². The number of hydrogen-bond donors (Lipinski definition) is 2. The Labute approximate surface area is 123 Å². The van der Waals surface area contributed by atoms with Gasteiger partial charge in [-0.15, -0.1) is 11.3 Å². The second-order valence-electron chi connectivity index (χ2n) is 4.90. The summed E-state index contributed by atoms with van der Waals surface area (Å²) < 4.78 is 5.47. The third-order valence-electron chi connectivity index (χ3n) is 3.58. The van der Waals surface area contributed by atoms with E-state index in [4.69, 9.17) is 9.84 Å². The van der Waals surface area contributed by atoms with Gasteiger partial charge in [-0.05, 0) is 25.3 Å². The van der Waals surface area contributed by atoms with Crippen molar-refractivity contribution in [3.05, 3.63) is 21.9 Å². The molecule has 0 bridgehead atoms. The van der Waals surface area contributed by atoms with E-state index in [-0.39, 0.29) is 18.1 Å². The van der Waals surface area contributed by atoms with Crippen molar-refractivity contribution in [3.8, 4) is 11.8 Å². The topological polar surface area (TPSA) is 58.6 Å². The first-order valence-corrected chi connectivity index (χ1v) is 7.59. The van der Waals surface area contributed by atoms with Crippen molar-refractivity contribution in [2.75, 3.05) is 20.3 Å². The predicted octanol–water partition coefficient (Wildman–Crippen LogP) is 1.78. The lowest BCUT2D eigenvalue weighted by Gasteiger charge is -2.40. The summed E-state index contributed by atoms with van der Waals surface area (Å²) in [5.41, 5.74) is 0.476. The molecule has 2 rings (SSSR count). The second kappa shape index (κ2) is 6.89. The normalized spacial score (nSPS) is 15.9. The molecular weight excluding hydrogens is 274 g/mol. The molecule has 5 heteroatoms. The monoisotopic (exact) mass is 293 g/mol. The van der Waals surface area contributed by atoms with E-state index in [2.05, 4.69) is 17.2 Å². The number of thiophene rings is 1. The highest BCUT2D eigenvalue weighted by Gasteiger charge is 2.37. The zero-order valence-corrected chi connectivity index (χ0v) is 12.4. The van der Waals surface area contributed by atoms with Gasteiger partial charge in [0.05, 0.1) is 22.6 Å². The van der Waals surface area contributed by atoms with Crippen LogP contribution in [0.4, 0.5) is 0 Å². The predicted molar refractivity (Wildman–Crippen MR) is 78.8 cm³/mol. The molecule has 1 heterocycles. The van der Waals surface area contributed by atoms with Crippen molar-refractivity contribution in [1.29, 1.82) is 0 Å². The summed E-state index contributed by atoms with van der Waals surface area (Å²) >= 11 is 1.44. The third kappa shape index (κ3) is 3.60. The third-order valence-corrected chi connectivity index (χ3v) is 4.42. The Morgan fingerprint density at radius 2 is 2.40 bits per heavy atom. The standard InChI is InChI=1S/C15H19NO3S/c1-19-15(6-4-7-15)11-16-14(18)12-9-13(20-10-12)5-2-3-8-17/h9-10,17H,3-4,6-8,11H2,1H3,(H,16,18). The van der Waals surface area contributed by atoms with Gasteiger partial charge in [-0.3, -0.25) is 4.79 Å². The van der Waals surface area contributed by atoms with Crippen LogP contribution in [-0.2, 0) is 4.74 Å². The van der Waals surface area contributed by atoms with Crippen molar-refractivity contribution < 1.29 is 14.6 Å². The highest BCUT2D eigenvalue weighted by Crippen LogP contribution is 2.34. The van der Waals surface area contributed by atoms with E-state index in [1.807, 2.05) is 0 Å². The van der Waals surface area contributed by atoms with E-state index in [1.54, 1.807) is 18.6 Å². The van der Waals surface area contributed by atoms with E-state index in [0.29, 0.717) is 18.5 Å². The molecule has 0 radical (unpaired) electrons. The fourth-order valence-electron chi connectivity index (χ4n) is 2.09. The Hall–Kier alpha value is -1.35. The van der Waals surface area contributed by atoms with Crippen LogP contribution in [0, 0.1) is 11.8 Å². The Morgan fingerprint density at radius 1 is 1.60 bits per heavy atom. The zero-order chi connectivity index (χ0) is 14.4. The first-order chi connectivity index (χ1) is 9.69. The summed E-state index contributed by atoms with van der Waals surface area (Å²) in [4.78, 5) is 12.9. The largest absolute Gasteiger partial charge is 0.395 e. The van der Waals surface area contributed by atoms with Gasteiger partial charge in [-0.25, -0.2) is 0 Å². The number of carbonyl (C=O) groups is 1. The van der Waals surface area contributed by atoms with Gasteiger partial charge in [0.1, 0.15) is 0 Å². The molecule has 108 valence electrons. The summed E-state index contributed by atoms with van der Waals surface area (Å²) in [5, 5.41) is 13.4. The first-order valence-electron chi connectivity index (χ1n) is 6.71. The molecule has 1 amide bonds. The van der Waals surface area contributed by atoms with Gasteiger partial charge < -0.3 is 15.2 Å². The molecule has 0 spiro atoms. The van der Waals surface area contributed by atoms with Gasteiger partial charge in [0.2, 0.25) is 0 Å². The highest BCUT2D eigenvalue weighted by molar-refractivity contribution is 7.10. The number of amides is 1. The minimum Gasteiger partial charge on any atom is -0.395 e. The molecule has 0 saturated heterocycles. The molecule has 0 atom stereocenters. The SMILES string of the molecule is COC1(CNC(=O)c2csc(C#CCCO)c2)CCC1. The molecule has 1 aromatic heterocycles. The van der Waals surface area contributed by atoms with Gasteiger partial charge in [0.25, 0.3) is 5.91 Å². The molecule has 1 aliphatic rings. The van der Waals surface area contributed by atoms with E-state index in [1.165, 1.54) is 11.3 Å². The van der Waals surface area contributed by atoms with Crippen molar-refractivity contribution in [1.82, 2.24) is 5.32 Å². The number of rotatable bonds is 5. The van der Waals surface area contributed by atoms with Crippen molar-refractivity contribution in [2.45, 2.75) is 31.3 Å². The molecule has 0 aromatic carbocycles. The molecule has 2 N–H and O–H groups in total. The van der Waals surface area contributed by atoms with Gasteiger partial charge in [0.15, 0.2) is 0 Å². The lowest BCUT2D eigenvalue weighted by atomic mass is 9.80. The van der Waals surface area contributed by atoms with Gasteiger partial charge in [0, 0.05) is 25.5 Å². The molecule has 1 aromatic rings. The average Bonchev–Trinajstić information content (AvgIpc) is 2.87. The quantitative estimate of drug-likeness (QED) is 0.814. The summed E-state index contributed by atoms with van der Waals surface area (Å²) in [6.45, 7) is 0.620. The van der Waals surface area contributed by atoms with Crippen molar-refractivity contribution in [3.63, 3.8) is 0 Å². The maximum Gasteiger partial charge on any atom is 0.252 e. The van der Waals surface area contributed by atoms with Crippen LogP contribution in [0.3, 0.4) is 0 Å². The van der Waals surface area contributed by atoms with Crippen molar-refractivity contribution in [2.24, 2.45) is 0 Å². The van der Waals surface area contributed by atoms with Crippen LogP contribution in [0.1, 0.15) is 40.9 Å². The van der Waals surface area contributed by atoms with Crippen LogP contribution in [0.25, 0.3) is 0 Å². The van der Waals surface area contributed by atoms with Gasteiger partial charge >= 0.3 is 0 Å². The first kappa shape index (κ1) is 15.0. The summed E-state index contributed by atoms with van der Waals surface area (Å²) in [5.74, 6) is 5.69. The number of carbonyl (C=O) groups excluding carboxylic acids is 1. The van der Waals surface area contributed by atoms with Crippen molar-refractivity contribution >= 4 is 17.2 Å². The summed E-state index contributed by atoms with van der Waals surface area (Å²) in [7, 11) is 1.70. The summed E-state index contributed by atoms with van der Waals surface area (Å²) in [6.07, 6.45) is 3.62. The van der Waals surface area contributed by atoms with Crippen LogP contribution in [0.2, 0.25) is 0 Å². The average molecular weight is 293 g/mol. The van der Waals surface area contributed by atoms with Crippen LogP contribution < -0.4 is 5.32 Å². The molecular formula is C15H19NO3S. The Balaban J connectivity index is 1.88. The number of ether oxygens (including phenoxy) is 1. The van der Waals surface area contributed by atoms with Gasteiger partial charge in [-0.2, -0.15) is 0 Å². The molecule has 0 aliphatic heterocycles. The number of hydrogen-bond acceptors (Lipinski definition) is 4.